The van der Waals surface area contributed by atoms with Gasteiger partial charge in [0.15, 0.2) is 11.0 Å². The van der Waals surface area contributed by atoms with E-state index in [2.05, 4.69) is 22.4 Å². The van der Waals surface area contributed by atoms with Crippen LogP contribution in [0.3, 0.4) is 0 Å². The van der Waals surface area contributed by atoms with Crippen LogP contribution in [0.2, 0.25) is 0 Å². The number of carbonyl (C=O) groups excluding carboxylic acids is 1. The highest BCUT2D eigenvalue weighted by molar-refractivity contribution is 7.99. The molecule has 0 spiro atoms. The maximum atomic E-state index is 12.2. The molecular weight excluding hydrogens is 320 g/mol. The number of nitrogens with zero attached hydrogens (tertiary/aromatic N) is 3. The molecule has 0 unspecified atom stereocenters. The van der Waals surface area contributed by atoms with E-state index in [1.165, 1.54) is 31.0 Å². The van der Waals surface area contributed by atoms with Crippen LogP contribution < -0.4 is 5.32 Å². The molecule has 0 radical (unpaired) electrons. The maximum absolute atomic E-state index is 12.2. The zero-order valence-electron chi connectivity index (χ0n) is 14.2. The molecule has 1 saturated carbocycles. The molecule has 1 aromatic heterocycles. The molecule has 3 rings (SSSR count). The summed E-state index contributed by atoms with van der Waals surface area (Å²) in [6, 6.07) is 10.3. The third-order valence-electron chi connectivity index (χ3n) is 4.66. The summed E-state index contributed by atoms with van der Waals surface area (Å²) < 4.78 is 1.94. The van der Waals surface area contributed by atoms with E-state index in [-0.39, 0.29) is 5.91 Å². The van der Waals surface area contributed by atoms with Crippen LogP contribution in [0.1, 0.15) is 32.6 Å². The lowest BCUT2D eigenvalue weighted by molar-refractivity contribution is -0.119. The van der Waals surface area contributed by atoms with Gasteiger partial charge in [0.2, 0.25) is 5.91 Å². The Kier molecular flexibility index (Phi) is 5.56. The Bertz CT molecular complexity index is 686. The molecule has 0 bridgehead atoms. The summed E-state index contributed by atoms with van der Waals surface area (Å²) in [6.07, 6.45) is 4.80. The van der Waals surface area contributed by atoms with Gasteiger partial charge in [0.1, 0.15) is 0 Å². The van der Waals surface area contributed by atoms with Gasteiger partial charge < -0.3 is 9.88 Å². The van der Waals surface area contributed by atoms with E-state index >= 15 is 0 Å². The molecule has 1 aliphatic rings. The van der Waals surface area contributed by atoms with Crippen LogP contribution in [0.15, 0.2) is 35.5 Å². The van der Waals surface area contributed by atoms with Gasteiger partial charge in [0, 0.05) is 18.7 Å². The number of hydrogen-bond donors (Lipinski definition) is 1. The highest BCUT2D eigenvalue weighted by Crippen LogP contribution is 2.25. The summed E-state index contributed by atoms with van der Waals surface area (Å²) in [7, 11) is 1.94. The second-order valence-corrected chi connectivity index (χ2v) is 7.40. The van der Waals surface area contributed by atoms with Crippen LogP contribution in [0, 0.1) is 5.92 Å². The predicted molar refractivity (Wildman–Crippen MR) is 96.7 cm³/mol. The van der Waals surface area contributed by atoms with Gasteiger partial charge in [-0.05, 0) is 18.8 Å². The summed E-state index contributed by atoms with van der Waals surface area (Å²) in [5.41, 5.74) is 1.03. The zero-order chi connectivity index (χ0) is 16.9. The van der Waals surface area contributed by atoms with Gasteiger partial charge in [-0.3, -0.25) is 4.79 Å². The largest absolute Gasteiger partial charge is 0.352 e. The van der Waals surface area contributed by atoms with E-state index in [0.29, 0.717) is 17.7 Å². The van der Waals surface area contributed by atoms with Gasteiger partial charge in [-0.25, -0.2) is 0 Å². The molecule has 24 heavy (non-hydrogen) atoms. The number of thioether (sulfide) groups is 1. The van der Waals surface area contributed by atoms with Gasteiger partial charge in [-0.15, -0.1) is 10.2 Å². The fourth-order valence-corrected chi connectivity index (χ4v) is 3.91. The first-order valence-electron chi connectivity index (χ1n) is 8.52. The standard InChI is InChI=1S/C18H24N4OS/c1-13-8-6-7-11-15(13)19-16(23)12-24-18-21-20-17(22(18)2)14-9-4-3-5-10-14/h3-5,9-10,13,15H,6-8,11-12H2,1-2H3,(H,19,23)/t13-,15-/m0/s1. The van der Waals surface area contributed by atoms with Gasteiger partial charge in [-0.1, -0.05) is 61.9 Å². The van der Waals surface area contributed by atoms with E-state index in [9.17, 15) is 4.79 Å². The minimum absolute atomic E-state index is 0.0861. The number of hydrogen-bond acceptors (Lipinski definition) is 4. The smallest absolute Gasteiger partial charge is 0.230 e. The van der Waals surface area contributed by atoms with Gasteiger partial charge >= 0.3 is 0 Å². The third kappa shape index (κ3) is 3.98. The van der Waals surface area contributed by atoms with Gasteiger partial charge in [0.25, 0.3) is 0 Å². The van der Waals surface area contributed by atoms with E-state index in [1.54, 1.807) is 0 Å². The first-order chi connectivity index (χ1) is 11.6. The van der Waals surface area contributed by atoms with Gasteiger partial charge in [-0.2, -0.15) is 0 Å². The number of benzene rings is 1. The van der Waals surface area contributed by atoms with Crippen molar-refractivity contribution in [3.8, 4) is 11.4 Å². The van der Waals surface area contributed by atoms with Crippen molar-refractivity contribution in [1.82, 2.24) is 20.1 Å². The SMILES string of the molecule is C[C@H]1CCCC[C@@H]1NC(=O)CSc1nnc(-c2ccccc2)n1C. The van der Waals surface area contributed by atoms with Crippen molar-refractivity contribution < 1.29 is 4.79 Å². The number of nitrogens with one attached hydrogen (secondary N) is 1. The molecule has 0 aliphatic heterocycles. The van der Waals surface area contributed by atoms with E-state index in [0.717, 1.165) is 23.0 Å². The van der Waals surface area contributed by atoms with Gasteiger partial charge in [0.05, 0.1) is 5.75 Å². The third-order valence-corrected chi connectivity index (χ3v) is 5.68. The Morgan fingerprint density at radius 2 is 2.00 bits per heavy atom. The highest BCUT2D eigenvalue weighted by atomic mass is 32.2. The van der Waals surface area contributed by atoms with Crippen LogP contribution in [-0.4, -0.2) is 32.5 Å². The van der Waals surface area contributed by atoms with Crippen molar-refractivity contribution in [2.45, 2.75) is 43.8 Å². The van der Waals surface area contributed by atoms with Crippen molar-refractivity contribution in [2.24, 2.45) is 13.0 Å². The average Bonchev–Trinajstić information content (AvgIpc) is 2.97. The van der Waals surface area contributed by atoms with Crippen molar-refractivity contribution in [3.05, 3.63) is 30.3 Å². The summed E-state index contributed by atoms with van der Waals surface area (Å²) in [5.74, 6) is 1.86. The Labute approximate surface area is 147 Å². The Hall–Kier alpha value is -1.82. The lowest BCUT2D eigenvalue weighted by atomic mass is 9.86. The molecule has 1 N–H and O–H groups in total. The van der Waals surface area contributed by atoms with Crippen molar-refractivity contribution in [3.63, 3.8) is 0 Å². The van der Waals surface area contributed by atoms with Crippen LogP contribution in [0.4, 0.5) is 0 Å². The number of aromatic nitrogens is 3. The fourth-order valence-electron chi connectivity index (χ4n) is 3.19. The molecule has 0 saturated heterocycles. The number of amides is 1. The van der Waals surface area contributed by atoms with Crippen molar-refractivity contribution in [2.75, 3.05) is 5.75 Å². The van der Waals surface area contributed by atoms with Crippen LogP contribution >= 0.6 is 11.8 Å². The normalized spacial score (nSPS) is 20.8. The molecule has 2 atom stereocenters. The minimum Gasteiger partial charge on any atom is -0.352 e. The molecule has 1 heterocycles. The molecule has 1 amide bonds. The van der Waals surface area contributed by atoms with Crippen molar-refractivity contribution in [1.29, 1.82) is 0 Å². The monoisotopic (exact) mass is 344 g/mol. The average molecular weight is 344 g/mol. The topological polar surface area (TPSA) is 59.8 Å². The molecule has 1 aliphatic carbocycles. The summed E-state index contributed by atoms with van der Waals surface area (Å²) >= 11 is 1.44. The summed E-state index contributed by atoms with van der Waals surface area (Å²) in [5, 5.41) is 12.4. The van der Waals surface area contributed by atoms with Crippen molar-refractivity contribution >= 4 is 17.7 Å². The van der Waals surface area contributed by atoms with E-state index < -0.39 is 0 Å². The maximum Gasteiger partial charge on any atom is 0.230 e. The lowest BCUT2D eigenvalue weighted by Crippen LogP contribution is -2.41. The molecule has 6 heteroatoms. The number of carbonyl (C=O) groups is 1. The fraction of sp³-hybridized carbons (Fsp3) is 0.500. The predicted octanol–water partition coefficient (Wildman–Crippen LogP) is 3.27. The molecule has 1 fully saturated rings. The van der Waals surface area contributed by atoms with Crippen LogP contribution in [0.5, 0.6) is 0 Å². The molecule has 2 aromatic rings. The van der Waals surface area contributed by atoms with Crippen LogP contribution in [0.25, 0.3) is 11.4 Å². The Morgan fingerprint density at radius 1 is 1.25 bits per heavy atom. The molecule has 5 nitrogen and oxygen atoms in total. The zero-order valence-corrected chi connectivity index (χ0v) is 15.1. The Balaban J connectivity index is 1.57. The molecule has 128 valence electrons. The summed E-state index contributed by atoms with van der Waals surface area (Å²) in [6.45, 7) is 2.23. The summed E-state index contributed by atoms with van der Waals surface area (Å²) in [4.78, 5) is 12.2. The van der Waals surface area contributed by atoms with E-state index in [1.807, 2.05) is 41.9 Å². The number of rotatable bonds is 5. The first-order valence-corrected chi connectivity index (χ1v) is 9.50. The highest BCUT2D eigenvalue weighted by Gasteiger charge is 2.23. The van der Waals surface area contributed by atoms with E-state index in [4.69, 9.17) is 0 Å². The second kappa shape index (κ2) is 7.83. The van der Waals surface area contributed by atoms with Crippen LogP contribution in [-0.2, 0) is 11.8 Å². The molecule has 1 aromatic carbocycles. The second-order valence-electron chi connectivity index (χ2n) is 6.46. The quantitative estimate of drug-likeness (QED) is 0.846. The Morgan fingerprint density at radius 3 is 2.75 bits per heavy atom. The lowest BCUT2D eigenvalue weighted by Gasteiger charge is -2.29. The minimum atomic E-state index is 0.0861. The molecular formula is C18H24N4OS. The first kappa shape index (κ1) is 17.0.